The number of sulfone groups is 1. The lowest BCUT2D eigenvalue weighted by Crippen LogP contribution is -2.13. The highest BCUT2D eigenvalue weighted by atomic mass is 32.2. The molecule has 1 atom stereocenters. The number of halogens is 1. The highest BCUT2D eigenvalue weighted by molar-refractivity contribution is 7.91. The molecule has 21 heavy (non-hydrogen) atoms. The van der Waals surface area contributed by atoms with Crippen LogP contribution in [0.3, 0.4) is 0 Å². The Kier molecular flexibility index (Phi) is 3.15. The summed E-state index contributed by atoms with van der Waals surface area (Å²) in [5, 5.41) is 12.1. The van der Waals surface area contributed by atoms with Crippen LogP contribution in [0, 0.1) is 17.1 Å². The smallest absolute Gasteiger partial charge is 0.181 e. The van der Waals surface area contributed by atoms with Crippen molar-refractivity contribution in [3.8, 4) is 6.07 Å². The van der Waals surface area contributed by atoms with Crippen LogP contribution < -0.4 is 5.32 Å². The normalized spacial score (nSPS) is 18.8. The van der Waals surface area contributed by atoms with E-state index in [0.717, 1.165) is 6.07 Å². The van der Waals surface area contributed by atoms with Crippen molar-refractivity contribution >= 4 is 15.5 Å². The number of benzene rings is 2. The van der Waals surface area contributed by atoms with Crippen molar-refractivity contribution < 1.29 is 12.8 Å². The quantitative estimate of drug-likeness (QED) is 0.926. The molecule has 2 aromatic rings. The lowest BCUT2D eigenvalue weighted by Gasteiger charge is -2.15. The van der Waals surface area contributed by atoms with Gasteiger partial charge >= 0.3 is 0 Å². The first-order chi connectivity index (χ1) is 10.0. The number of rotatable bonds is 2. The molecule has 0 amide bonds. The van der Waals surface area contributed by atoms with Crippen LogP contribution in [-0.4, -0.2) is 14.2 Å². The number of nitrogens with zero attached hydrogens (tertiary/aromatic N) is 1. The first-order valence-corrected chi connectivity index (χ1v) is 7.94. The molecule has 0 radical (unpaired) electrons. The number of anilines is 1. The second kappa shape index (κ2) is 4.86. The Balaban J connectivity index is 2.00. The maximum atomic E-state index is 13.1. The summed E-state index contributed by atoms with van der Waals surface area (Å²) in [6, 6.07) is 12.0. The summed E-state index contributed by atoms with van der Waals surface area (Å²) in [6.07, 6.45) is 0. The van der Waals surface area contributed by atoms with E-state index in [4.69, 9.17) is 5.26 Å². The van der Waals surface area contributed by atoms with Crippen molar-refractivity contribution in [3.05, 3.63) is 59.4 Å². The molecule has 0 spiro atoms. The highest BCUT2D eigenvalue weighted by Gasteiger charge is 2.34. The Labute approximate surface area is 121 Å². The largest absolute Gasteiger partial charge is 0.376 e. The van der Waals surface area contributed by atoms with Gasteiger partial charge in [0, 0.05) is 0 Å². The summed E-state index contributed by atoms with van der Waals surface area (Å²) in [4.78, 5) is 0.308. The molecule has 0 saturated heterocycles. The maximum absolute atomic E-state index is 13.1. The molecule has 1 unspecified atom stereocenters. The standard InChI is InChI=1S/C15H11FN2O2S/c16-11-5-6-13(10(7-11)8-17)18-14-9-21(19,20)15-4-2-1-3-12(14)15/h1-7,14,18H,9H2. The first kappa shape index (κ1) is 13.6. The van der Waals surface area contributed by atoms with E-state index in [-0.39, 0.29) is 11.3 Å². The topological polar surface area (TPSA) is 70.0 Å². The summed E-state index contributed by atoms with van der Waals surface area (Å²) < 4.78 is 37.3. The van der Waals surface area contributed by atoms with Crippen LogP contribution in [0.25, 0.3) is 0 Å². The minimum absolute atomic E-state index is 0.0748. The molecule has 106 valence electrons. The van der Waals surface area contributed by atoms with Crippen molar-refractivity contribution in [3.63, 3.8) is 0 Å². The number of nitrogens with one attached hydrogen (secondary N) is 1. The van der Waals surface area contributed by atoms with Crippen LogP contribution in [0.2, 0.25) is 0 Å². The zero-order chi connectivity index (χ0) is 15.0. The molecular formula is C15H11FN2O2S. The molecule has 6 heteroatoms. The number of nitriles is 1. The molecule has 0 bridgehead atoms. The monoisotopic (exact) mass is 302 g/mol. The van der Waals surface area contributed by atoms with Gasteiger partial charge in [-0.1, -0.05) is 18.2 Å². The van der Waals surface area contributed by atoms with Gasteiger partial charge in [0.05, 0.1) is 27.9 Å². The van der Waals surface area contributed by atoms with Gasteiger partial charge in [0.25, 0.3) is 0 Å². The van der Waals surface area contributed by atoms with Gasteiger partial charge in [-0.3, -0.25) is 0 Å². The maximum Gasteiger partial charge on any atom is 0.181 e. The van der Waals surface area contributed by atoms with Crippen molar-refractivity contribution in [1.82, 2.24) is 0 Å². The minimum atomic E-state index is -3.32. The van der Waals surface area contributed by atoms with E-state index < -0.39 is 21.7 Å². The Bertz CT molecular complexity index is 856. The second-order valence-corrected chi connectivity index (χ2v) is 6.82. The summed E-state index contributed by atoms with van der Waals surface area (Å²) in [6.45, 7) is 0. The molecule has 3 rings (SSSR count). The van der Waals surface area contributed by atoms with Crippen molar-refractivity contribution in [1.29, 1.82) is 5.26 Å². The Morgan fingerprint density at radius 3 is 2.76 bits per heavy atom. The third kappa shape index (κ3) is 2.36. The Hall–Kier alpha value is -2.39. The summed E-state index contributed by atoms with van der Waals surface area (Å²) >= 11 is 0. The van der Waals surface area contributed by atoms with Gasteiger partial charge in [-0.15, -0.1) is 0 Å². The minimum Gasteiger partial charge on any atom is -0.376 e. The summed E-state index contributed by atoms with van der Waals surface area (Å²) in [7, 11) is -3.32. The van der Waals surface area contributed by atoms with Crippen LogP contribution in [0.15, 0.2) is 47.4 Å². The fourth-order valence-electron chi connectivity index (χ4n) is 2.49. The zero-order valence-corrected chi connectivity index (χ0v) is 11.7. The number of fused-ring (bicyclic) bond motifs is 1. The molecule has 0 saturated carbocycles. The molecule has 0 aliphatic carbocycles. The molecule has 0 aromatic heterocycles. The van der Waals surface area contributed by atoms with Crippen LogP contribution in [0.4, 0.5) is 10.1 Å². The van der Waals surface area contributed by atoms with Crippen LogP contribution in [0.5, 0.6) is 0 Å². The second-order valence-electron chi connectivity index (χ2n) is 4.82. The highest BCUT2D eigenvalue weighted by Crippen LogP contribution is 2.35. The van der Waals surface area contributed by atoms with Gasteiger partial charge in [-0.2, -0.15) is 5.26 Å². The van der Waals surface area contributed by atoms with E-state index in [1.54, 1.807) is 24.3 Å². The van der Waals surface area contributed by atoms with Crippen molar-refractivity contribution in [2.45, 2.75) is 10.9 Å². The van der Waals surface area contributed by atoms with Crippen LogP contribution >= 0.6 is 0 Å². The van der Waals surface area contributed by atoms with Gasteiger partial charge in [-0.05, 0) is 29.8 Å². The van der Waals surface area contributed by atoms with E-state index >= 15 is 0 Å². The zero-order valence-electron chi connectivity index (χ0n) is 10.9. The molecule has 1 aliphatic rings. The fraction of sp³-hybridized carbons (Fsp3) is 0.133. The summed E-state index contributed by atoms with van der Waals surface area (Å²) in [5.41, 5.74) is 1.25. The molecule has 1 N–H and O–H groups in total. The van der Waals surface area contributed by atoms with E-state index in [1.165, 1.54) is 12.1 Å². The molecule has 1 heterocycles. The molecule has 2 aromatic carbocycles. The van der Waals surface area contributed by atoms with Gasteiger partial charge in [0.2, 0.25) is 0 Å². The lowest BCUT2D eigenvalue weighted by molar-refractivity contribution is 0.598. The lowest BCUT2D eigenvalue weighted by atomic mass is 10.1. The average molecular weight is 302 g/mol. The predicted molar refractivity (Wildman–Crippen MR) is 76.0 cm³/mol. The number of hydrogen-bond acceptors (Lipinski definition) is 4. The molecule has 0 fully saturated rings. The van der Waals surface area contributed by atoms with Crippen LogP contribution in [-0.2, 0) is 9.84 Å². The molecular weight excluding hydrogens is 291 g/mol. The Morgan fingerprint density at radius 1 is 1.24 bits per heavy atom. The van der Waals surface area contributed by atoms with Crippen molar-refractivity contribution in [2.75, 3.05) is 11.1 Å². The van der Waals surface area contributed by atoms with E-state index in [2.05, 4.69) is 5.32 Å². The van der Waals surface area contributed by atoms with Gasteiger partial charge in [0.15, 0.2) is 9.84 Å². The van der Waals surface area contributed by atoms with Crippen LogP contribution in [0.1, 0.15) is 17.2 Å². The fourth-order valence-corrected chi connectivity index (χ4v) is 4.23. The van der Waals surface area contributed by atoms with E-state index in [0.29, 0.717) is 16.1 Å². The van der Waals surface area contributed by atoms with Gasteiger partial charge in [0.1, 0.15) is 11.9 Å². The molecule has 1 aliphatic heterocycles. The van der Waals surface area contributed by atoms with Gasteiger partial charge < -0.3 is 5.32 Å². The third-order valence-electron chi connectivity index (χ3n) is 3.45. The Morgan fingerprint density at radius 2 is 2.00 bits per heavy atom. The summed E-state index contributed by atoms with van der Waals surface area (Å²) in [5.74, 6) is -0.578. The molecule has 4 nitrogen and oxygen atoms in total. The predicted octanol–water partition coefficient (Wildman–Crippen LogP) is 2.64. The van der Waals surface area contributed by atoms with Gasteiger partial charge in [-0.25, -0.2) is 12.8 Å². The average Bonchev–Trinajstić information content (AvgIpc) is 2.73. The SMILES string of the molecule is N#Cc1cc(F)ccc1NC1CS(=O)(=O)c2ccccc21. The van der Waals surface area contributed by atoms with E-state index in [1.807, 2.05) is 6.07 Å². The van der Waals surface area contributed by atoms with Crippen molar-refractivity contribution in [2.24, 2.45) is 0 Å². The third-order valence-corrected chi connectivity index (χ3v) is 5.26. The van der Waals surface area contributed by atoms with E-state index in [9.17, 15) is 12.8 Å². The first-order valence-electron chi connectivity index (χ1n) is 6.29. The number of hydrogen-bond donors (Lipinski definition) is 1.